The van der Waals surface area contributed by atoms with E-state index in [9.17, 15) is 0 Å². The molecule has 0 bridgehead atoms. The van der Waals surface area contributed by atoms with Gasteiger partial charge in [-0.05, 0) is 17.7 Å². The Morgan fingerprint density at radius 1 is 0.952 bits per heavy atom. The van der Waals surface area contributed by atoms with E-state index in [1.54, 1.807) is 23.5 Å². The van der Waals surface area contributed by atoms with Gasteiger partial charge in [-0.1, -0.05) is 42.5 Å². The average Bonchev–Trinajstić information content (AvgIpc) is 3.06. The monoisotopic (exact) mass is 278 g/mol. The number of aromatic nitrogens is 3. The van der Waals surface area contributed by atoms with E-state index in [-0.39, 0.29) is 0 Å². The maximum absolute atomic E-state index is 5.78. The largest absolute Gasteiger partial charge is 0.489 e. The molecule has 0 saturated heterocycles. The summed E-state index contributed by atoms with van der Waals surface area (Å²) >= 11 is 0. The van der Waals surface area contributed by atoms with E-state index in [1.807, 2.05) is 54.6 Å². The van der Waals surface area contributed by atoms with Gasteiger partial charge in [-0.15, -0.1) is 10.2 Å². The number of rotatable bonds is 5. The highest BCUT2D eigenvalue weighted by atomic mass is 16.5. The van der Waals surface area contributed by atoms with E-state index >= 15 is 0 Å². The molecule has 0 aliphatic carbocycles. The molecule has 0 aliphatic heterocycles. The first-order chi connectivity index (χ1) is 10.4. The minimum atomic E-state index is 0.494. The molecule has 0 spiro atoms. The van der Waals surface area contributed by atoms with Gasteiger partial charge >= 0.3 is 0 Å². The summed E-state index contributed by atoms with van der Waals surface area (Å²) < 4.78 is 7.33. The van der Waals surface area contributed by atoms with Gasteiger partial charge in [0.1, 0.15) is 25.0 Å². The molecular weight excluding hydrogens is 264 g/mol. The Balaban J connectivity index is 1.73. The van der Waals surface area contributed by atoms with Crippen LogP contribution >= 0.6 is 0 Å². The van der Waals surface area contributed by atoms with Crippen LogP contribution in [0.1, 0.15) is 11.1 Å². The van der Waals surface area contributed by atoms with E-state index < -0.39 is 0 Å². The molecule has 0 radical (unpaired) electrons. The SMILES string of the molecule is C(=N/n1cnnc1)/c1ccccc1COc1ccccc1. The van der Waals surface area contributed by atoms with Crippen LogP contribution in [0.25, 0.3) is 0 Å². The van der Waals surface area contributed by atoms with E-state index in [1.165, 1.54) is 0 Å². The van der Waals surface area contributed by atoms with Crippen molar-refractivity contribution in [3.05, 3.63) is 78.4 Å². The summed E-state index contributed by atoms with van der Waals surface area (Å²) in [5.41, 5.74) is 2.07. The lowest BCUT2D eigenvalue weighted by molar-refractivity contribution is 0.306. The van der Waals surface area contributed by atoms with E-state index in [0.29, 0.717) is 6.61 Å². The summed E-state index contributed by atoms with van der Waals surface area (Å²) in [5.74, 6) is 0.850. The molecule has 0 N–H and O–H groups in total. The molecule has 0 fully saturated rings. The van der Waals surface area contributed by atoms with Gasteiger partial charge in [-0.3, -0.25) is 0 Å². The Labute approximate surface area is 122 Å². The van der Waals surface area contributed by atoms with Gasteiger partial charge in [0, 0.05) is 5.56 Å². The standard InChI is InChI=1S/C16H14N4O/c1-2-8-16(9-3-1)21-11-15-7-5-4-6-14(15)10-19-20-12-17-18-13-20/h1-10,12-13H,11H2/b19-10-. The molecule has 5 heteroatoms. The van der Waals surface area contributed by atoms with Crippen LogP contribution in [0.3, 0.4) is 0 Å². The van der Waals surface area contributed by atoms with Gasteiger partial charge in [-0.25, -0.2) is 4.68 Å². The van der Waals surface area contributed by atoms with Crippen molar-refractivity contribution in [2.45, 2.75) is 6.61 Å². The molecule has 0 aliphatic rings. The van der Waals surface area contributed by atoms with Crippen LogP contribution in [0.5, 0.6) is 5.75 Å². The van der Waals surface area contributed by atoms with Gasteiger partial charge < -0.3 is 4.74 Å². The third kappa shape index (κ3) is 3.54. The Kier molecular flexibility index (Phi) is 4.02. The van der Waals surface area contributed by atoms with Gasteiger partial charge in [0.05, 0.1) is 6.21 Å². The maximum atomic E-state index is 5.78. The number of hydrogen-bond acceptors (Lipinski definition) is 4. The van der Waals surface area contributed by atoms with Crippen LogP contribution in [0.15, 0.2) is 72.4 Å². The van der Waals surface area contributed by atoms with Gasteiger partial charge in [0.15, 0.2) is 0 Å². The van der Waals surface area contributed by atoms with Crippen molar-refractivity contribution in [2.24, 2.45) is 5.10 Å². The van der Waals surface area contributed by atoms with Crippen molar-refractivity contribution in [3.63, 3.8) is 0 Å². The Morgan fingerprint density at radius 2 is 1.67 bits per heavy atom. The Morgan fingerprint density at radius 3 is 2.48 bits per heavy atom. The van der Waals surface area contributed by atoms with Crippen LogP contribution < -0.4 is 4.74 Å². The van der Waals surface area contributed by atoms with E-state index in [2.05, 4.69) is 15.3 Å². The second-order valence-corrected chi connectivity index (χ2v) is 4.39. The molecule has 3 rings (SSSR count). The zero-order valence-corrected chi connectivity index (χ0v) is 11.3. The number of para-hydroxylation sites is 1. The van der Waals surface area contributed by atoms with Crippen molar-refractivity contribution in [2.75, 3.05) is 0 Å². The zero-order valence-electron chi connectivity index (χ0n) is 11.3. The molecule has 21 heavy (non-hydrogen) atoms. The Hall–Kier alpha value is -2.95. The lowest BCUT2D eigenvalue weighted by atomic mass is 10.1. The van der Waals surface area contributed by atoms with Crippen LogP contribution in [0.4, 0.5) is 0 Å². The highest BCUT2D eigenvalue weighted by Gasteiger charge is 2.01. The predicted molar refractivity (Wildman–Crippen MR) is 80.2 cm³/mol. The first kappa shape index (κ1) is 13.1. The molecule has 0 unspecified atom stereocenters. The van der Waals surface area contributed by atoms with Crippen LogP contribution in [0, 0.1) is 0 Å². The van der Waals surface area contributed by atoms with Crippen molar-refractivity contribution < 1.29 is 4.74 Å². The van der Waals surface area contributed by atoms with Crippen molar-refractivity contribution >= 4 is 6.21 Å². The van der Waals surface area contributed by atoms with E-state index in [0.717, 1.165) is 16.9 Å². The van der Waals surface area contributed by atoms with Crippen LogP contribution in [0.2, 0.25) is 0 Å². The minimum Gasteiger partial charge on any atom is -0.489 e. The molecule has 2 aromatic carbocycles. The number of nitrogens with zero attached hydrogens (tertiary/aromatic N) is 4. The van der Waals surface area contributed by atoms with Crippen molar-refractivity contribution in [3.8, 4) is 5.75 Å². The highest BCUT2D eigenvalue weighted by molar-refractivity contribution is 5.81. The second kappa shape index (κ2) is 6.47. The molecule has 0 saturated carbocycles. The fraction of sp³-hybridized carbons (Fsp3) is 0.0625. The summed E-state index contributed by atoms with van der Waals surface area (Å²) in [6.45, 7) is 0.494. The summed E-state index contributed by atoms with van der Waals surface area (Å²) in [7, 11) is 0. The summed E-state index contributed by atoms with van der Waals surface area (Å²) in [4.78, 5) is 0. The molecule has 1 aromatic heterocycles. The second-order valence-electron chi connectivity index (χ2n) is 4.39. The zero-order chi connectivity index (χ0) is 14.3. The van der Waals surface area contributed by atoms with Crippen LogP contribution in [-0.2, 0) is 6.61 Å². The van der Waals surface area contributed by atoms with Crippen LogP contribution in [-0.4, -0.2) is 21.1 Å². The highest BCUT2D eigenvalue weighted by Crippen LogP contribution is 2.13. The Bertz CT molecular complexity index is 708. The molecule has 3 aromatic rings. The number of ether oxygens (including phenoxy) is 1. The fourth-order valence-electron chi connectivity index (χ4n) is 1.85. The smallest absolute Gasteiger partial charge is 0.141 e. The third-order valence-electron chi connectivity index (χ3n) is 2.93. The van der Waals surface area contributed by atoms with Crippen molar-refractivity contribution in [1.82, 2.24) is 14.9 Å². The van der Waals surface area contributed by atoms with Crippen molar-refractivity contribution in [1.29, 1.82) is 0 Å². The molecule has 5 nitrogen and oxygen atoms in total. The first-order valence-electron chi connectivity index (χ1n) is 6.56. The summed E-state index contributed by atoms with van der Waals surface area (Å²) in [5, 5.41) is 11.7. The maximum Gasteiger partial charge on any atom is 0.141 e. The molecule has 104 valence electrons. The van der Waals surface area contributed by atoms with E-state index in [4.69, 9.17) is 4.74 Å². The summed E-state index contributed by atoms with van der Waals surface area (Å²) in [6.07, 6.45) is 4.85. The van der Waals surface area contributed by atoms with Gasteiger partial charge in [0.25, 0.3) is 0 Å². The average molecular weight is 278 g/mol. The van der Waals surface area contributed by atoms with Gasteiger partial charge in [-0.2, -0.15) is 5.10 Å². The third-order valence-corrected chi connectivity index (χ3v) is 2.93. The first-order valence-corrected chi connectivity index (χ1v) is 6.56. The minimum absolute atomic E-state index is 0.494. The number of benzene rings is 2. The molecular formula is C16H14N4O. The lowest BCUT2D eigenvalue weighted by Crippen LogP contribution is -2.00. The predicted octanol–water partition coefficient (Wildman–Crippen LogP) is 2.74. The quantitative estimate of drug-likeness (QED) is 0.674. The fourth-order valence-corrected chi connectivity index (χ4v) is 1.85. The molecule has 0 amide bonds. The molecule has 0 atom stereocenters. The molecule has 1 heterocycles. The normalized spacial score (nSPS) is 10.9. The lowest BCUT2D eigenvalue weighted by Gasteiger charge is -2.08. The number of hydrogen-bond donors (Lipinski definition) is 0. The topological polar surface area (TPSA) is 52.3 Å². The van der Waals surface area contributed by atoms with Gasteiger partial charge in [0.2, 0.25) is 0 Å². The summed E-state index contributed by atoms with van der Waals surface area (Å²) in [6, 6.07) is 17.7.